The van der Waals surface area contributed by atoms with E-state index in [1.807, 2.05) is 12.1 Å². The summed E-state index contributed by atoms with van der Waals surface area (Å²) in [6.07, 6.45) is 0. The molecule has 0 atom stereocenters. The molecule has 2 heterocycles. The van der Waals surface area contributed by atoms with E-state index in [4.69, 9.17) is 9.97 Å². The molecule has 0 spiro atoms. The molecule has 0 unspecified atom stereocenters. The van der Waals surface area contributed by atoms with Crippen LogP contribution < -0.4 is 9.80 Å². The Morgan fingerprint density at radius 3 is 2.18 bits per heavy atom. The first-order valence-corrected chi connectivity index (χ1v) is 9.82. The number of aromatic nitrogens is 2. The smallest absolute Gasteiger partial charge is 0.227 e. The fourth-order valence-electron chi connectivity index (χ4n) is 3.48. The van der Waals surface area contributed by atoms with Crippen molar-refractivity contribution >= 4 is 11.8 Å². The fourth-order valence-corrected chi connectivity index (χ4v) is 3.48. The molecule has 0 amide bonds. The van der Waals surface area contributed by atoms with E-state index in [1.54, 1.807) is 0 Å². The van der Waals surface area contributed by atoms with Crippen LogP contribution in [0.3, 0.4) is 0 Å². The second-order valence-corrected chi connectivity index (χ2v) is 7.41. The van der Waals surface area contributed by atoms with Gasteiger partial charge in [-0.2, -0.15) is 4.98 Å². The second kappa shape index (κ2) is 8.40. The molecule has 5 heteroatoms. The molecule has 0 bridgehead atoms. The van der Waals surface area contributed by atoms with Gasteiger partial charge in [-0.05, 0) is 12.6 Å². The van der Waals surface area contributed by atoms with Crippen molar-refractivity contribution in [3.63, 3.8) is 0 Å². The molecule has 1 fully saturated rings. The Labute approximate surface area is 167 Å². The number of piperazine rings is 1. The lowest BCUT2D eigenvalue weighted by molar-refractivity contribution is 0.312. The topological polar surface area (TPSA) is 35.5 Å². The first-order valence-electron chi connectivity index (χ1n) is 9.82. The van der Waals surface area contributed by atoms with Gasteiger partial charge in [0.2, 0.25) is 5.95 Å². The number of hydrogen-bond donors (Lipinski definition) is 0. The molecule has 0 aliphatic carbocycles. The quantitative estimate of drug-likeness (QED) is 0.684. The molecule has 0 N–H and O–H groups in total. The number of benzene rings is 2. The highest BCUT2D eigenvalue weighted by Crippen LogP contribution is 2.25. The molecule has 4 rings (SSSR count). The number of nitrogens with zero attached hydrogens (tertiary/aromatic N) is 5. The Morgan fingerprint density at radius 1 is 0.857 bits per heavy atom. The van der Waals surface area contributed by atoms with Crippen molar-refractivity contribution in [3.8, 4) is 11.3 Å². The van der Waals surface area contributed by atoms with Crippen LogP contribution in [0, 0.1) is 0 Å². The molecule has 1 aliphatic rings. The molecular weight excluding hydrogens is 346 g/mol. The third-order valence-corrected chi connectivity index (χ3v) is 5.20. The summed E-state index contributed by atoms with van der Waals surface area (Å²) in [4.78, 5) is 16.7. The normalized spacial score (nSPS) is 14.9. The summed E-state index contributed by atoms with van der Waals surface area (Å²) < 4.78 is 0. The minimum Gasteiger partial charge on any atom is -0.354 e. The van der Waals surface area contributed by atoms with Gasteiger partial charge in [0.25, 0.3) is 0 Å². The zero-order valence-electron chi connectivity index (χ0n) is 16.6. The molecule has 0 radical (unpaired) electrons. The van der Waals surface area contributed by atoms with Crippen molar-refractivity contribution in [1.82, 2.24) is 14.9 Å². The van der Waals surface area contributed by atoms with E-state index in [1.165, 1.54) is 5.56 Å². The Bertz CT molecular complexity index is 889. The molecule has 0 saturated carbocycles. The van der Waals surface area contributed by atoms with Gasteiger partial charge in [0.05, 0.1) is 5.69 Å². The summed E-state index contributed by atoms with van der Waals surface area (Å²) in [5.41, 5.74) is 3.34. The highest BCUT2D eigenvalue weighted by atomic mass is 15.3. The van der Waals surface area contributed by atoms with Crippen LogP contribution in [0.4, 0.5) is 11.8 Å². The van der Waals surface area contributed by atoms with E-state index in [2.05, 4.69) is 83.4 Å². The number of anilines is 2. The third kappa shape index (κ3) is 4.31. The number of hydrogen-bond acceptors (Lipinski definition) is 5. The van der Waals surface area contributed by atoms with E-state index in [-0.39, 0.29) is 0 Å². The van der Waals surface area contributed by atoms with Crippen molar-refractivity contribution in [1.29, 1.82) is 0 Å². The maximum absolute atomic E-state index is 4.93. The van der Waals surface area contributed by atoms with Gasteiger partial charge in [-0.1, -0.05) is 60.7 Å². The van der Waals surface area contributed by atoms with Gasteiger partial charge in [-0.25, -0.2) is 4.98 Å². The van der Waals surface area contributed by atoms with Crippen LogP contribution in [0.1, 0.15) is 5.56 Å². The van der Waals surface area contributed by atoms with Crippen LogP contribution in [-0.4, -0.2) is 55.1 Å². The predicted molar refractivity (Wildman–Crippen MR) is 116 cm³/mol. The van der Waals surface area contributed by atoms with Gasteiger partial charge in [0, 0.05) is 51.4 Å². The Morgan fingerprint density at radius 2 is 1.50 bits per heavy atom. The maximum Gasteiger partial charge on any atom is 0.227 e. The first kappa shape index (κ1) is 18.4. The molecule has 5 nitrogen and oxygen atoms in total. The SMILES string of the molecule is CN1CCN(c2cc(-c3ccccc3)nc(N(C)Cc3ccccc3)n2)CC1. The lowest BCUT2D eigenvalue weighted by atomic mass is 10.1. The molecule has 28 heavy (non-hydrogen) atoms. The minimum absolute atomic E-state index is 0.763. The summed E-state index contributed by atoms with van der Waals surface area (Å²) in [6, 6.07) is 22.9. The highest BCUT2D eigenvalue weighted by Gasteiger charge is 2.18. The second-order valence-electron chi connectivity index (χ2n) is 7.41. The molecule has 1 aromatic heterocycles. The Hall–Kier alpha value is -2.92. The van der Waals surface area contributed by atoms with Gasteiger partial charge in [-0.3, -0.25) is 0 Å². The standard InChI is InChI=1S/C23H27N5/c1-26-13-15-28(16-14-26)22-17-21(20-11-7-4-8-12-20)24-23(25-22)27(2)18-19-9-5-3-6-10-19/h3-12,17H,13-16,18H2,1-2H3. The lowest BCUT2D eigenvalue weighted by Gasteiger charge is -2.33. The van der Waals surface area contributed by atoms with E-state index >= 15 is 0 Å². The van der Waals surface area contributed by atoms with E-state index in [9.17, 15) is 0 Å². The summed E-state index contributed by atoms with van der Waals surface area (Å²) in [5.74, 6) is 1.77. The van der Waals surface area contributed by atoms with Gasteiger partial charge < -0.3 is 14.7 Å². The molecule has 2 aromatic carbocycles. The molecule has 1 saturated heterocycles. The van der Waals surface area contributed by atoms with Crippen molar-refractivity contribution in [2.24, 2.45) is 0 Å². The van der Waals surface area contributed by atoms with Crippen LogP contribution in [0.25, 0.3) is 11.3 Å². The van der Waals surface area contributed by atoms with E-state index in [0.717, 1.165) is 55.7 Å². The first-order chi connectivity index (χ1) is 13.7. The number of rotatable bonds is 5. The minimum atomic E-state index is 0.763. The fraction of sp³-hybridized carbons (Fsp3) is 0.304. The van der Waals surface area contributed by atoms with Crippen LogP contribution in [0.5, 0.6) is 0 Å². The zero-order valence-corrected chi connectivity index (χ0v) is 16.6. The predicted octanol–water partition coefficient (Wildman–Crippen LogP) is 3.53. The monoisotopic (exact) mass is 373 g/mol. The molecule has 3 aromatic rings. The summed E-state index contributed by atoms with van der Waals surface area (Å²) in [7, 11) is 4.23. The maximum atomic E-state index is 4.93. The molecule has 1 aliphatic heterocycles. The highest BCUT2D eigenvalue weighted by molar-refractivity contribution is 5.65. The van der Waals surface area contributed by atoms with Crippen molar-refractivity contribution in [2.75, 3.05) is 50.1 Å². The van der Waals surface area contributed by atoms with Gasteiger partial charge in [0.1, 0.15) is 5.82 Å². The summed E-state index contributed by atoms with van der Waals surface area (Å²) in [6.45, 7) is 4.87. The third-order valence-electron chi connectivity index (χ3n) is 5.20. The van der Waals surface area contributed by atoms with Crippen LogP contribution >= 0.6 is 0 Å². The van der Waals surface area contributed by atoms with Gasteiger partial charge >= 0.3 is 0 Å². The lowest BCUT2D eigenvalue weighted by Crippen LogP contribution is -2.45. The van der Waals surface area contributed by atoms with Gasteiger partial charge in [0.15, 0.2) is 0 Å². The van der Waals surface area contributed by atoms with E-state index < -0.39 is 0 Å². The average Bonchev–Trinajstić information content (AvgIpc) is 2.75. The Balaban J connectivity index is 1.67. The zero-order chi connectivity index (χ0) is 19.3. The van der Waals surface area contributed by atoms with Crippen molar-refractivity contribution in [3.05, 3.63) is 72.3 Å². The van der Waals surface area contributed by atoms with Crippen molar-refractivity contribution < 1.29 is 0 Å². The van der Waals surface area contributed by atoms with Crippen LogP contribution in [0.2, 0.25) is 0 Å². The van der Waals surface area contributed by atoms with Gasteiger partial charge in [-0.15, -0.1) is 0 Å². The van der Waals surface area contributed by atoms with Crippen molar-refractivity contribution in [2.45, 2.75) is 6.54 Å². The van der Waals surface area contributed by atoms with Crippen LogP contribution in [0.15, 0.2) is 66.7 Å². The molecule has 144 valence electrons. The number of likely N-dealkylation sites (N-methyl/N-ethyl adjacent to an activating group) is 1. The summed E-state index contributed by atoms with van der Waals surface area (Å²) >= 11 is 0. The summed E-state index contributed by atoms with van der Waals surface area (Å²) in [5, 5.41) is 0. The largest absolute Gasteiger partial charge is 0.354 e. The average molecular weight is 374 g/mol. The Kier molecular flexibility index (Phi) is 5.53. The molecular formula is C23H27N5. The van der Waals surface area contributed by atoms with Crippen LogP contribution in [-0.2, 0) is 6.54 Å². The van der Waals surface area contributed by atoms with E-state index in [0.29, 0.717) is 0 Å².